The minimum atomic E-state index is -0.167. The van der Waals surface area contributed by atoms with Gasteiger partial charge < -0.3 is 4.57 Å². The van der Waals surface area contributed by atoms with Crippen LogP contribution in [0.4, 0.5) is 0 Å². The van der Waals surface area contributed by atoms with E-state index in [1.54, 1.807) is 18.5 Å². The maximum absolute atomic E-state index is 12.4. The first-order chi connectivity index (χ1) is 9.15. The molecular weight excluding hydrogens is 284 g/mol. The van der Waals surface area contributed by atoms with Crippen LogP contribution in [-0.2, 0) is 13.1 Å². The summed E-state index contributed by atoms with van der Waals surface area (Å²) >= 11 is 7.21. The number of carbonyl (C=O) groups is 1. The van der Waals surface area contributed by atoms with Crippen LogP contribution in [0.25, 0.3) is 0 Å². The van der Waals surface area contributed by atoms with Gasteiger partial charge >= 0.3 is 0 Å². The molecule has 19 heavy (non-hydrogen) atoms. The second-order valence-corrected chi connectivity index (χ2v) is 6.27. The molecule has 0 aliphatic carbocycles. The number of halogens is 1. The third-order valence-corrected chi connectivity index (χ3v) is 4.66. The fourth-order valence-electron chi connectivity index (χ4n) is 2.23. The number of ketones is 1. The van der Waals surface area contributed by atoms with Gasteiger partial charge in [0.15, 0.2) is 5.78 Å². The SMILES string of the molecule is CC(C(=O)c1ccc(Cl)s1)N1CCn2cnnc2C1. The second kappa shape index (κ2) is 5.03. The third kappa shape index (κ3) is 2.43. The van der Waals surface area contributed by atoms with Gasteiger partial charge in [0.1, 0.15) is 12.2 Å². The summed E-state index contributed by atoms with van der Waals surface area (Å²) in [6.07, 6.45) is 1.73. The standard InChI is InChI=1S/C12H13ClN4OS/c1-8(12(18)9-2-3-10(13)19-9)16-4-5-17-7-14-15-11(17)6-16/h2-3,7-8H,4-6H2,1H3. The molecule has 0 spiro atoms. The van der Waals surface area contributed by atoms with Crippen molar-refractivity contribution in [2.45, 2.75) is 26.1 Å². The summed E-state index contributed by atoms with van der Waals surface area (Å²) in [6.45, 7) is 4.25. The van der Waals surface area contributed by atoms with Crippen molar-refractivity contribution in [2.24, 2.45) is 0 Å². The van der Waals surface area contributed by atoms with E-state index in [2.05, 4.69) is 15.1 Å². The van der Waals surface area contributed by atoms with Crippen molar-refractivity contribution in [3.63, 3.8) is 0 Å². The minimum absolute atomic E-state index is 0.116. The molecule has 0 amide bonds. The zero-order chi connectivity index (χ0) is 13.4. The molecule has 3 heterocycles. The lowest BCUT2D eigenvalue weighted by Crippen LogP contribution is -2.43. The van der Waals surface area contributed by atoms with Crippen LogP contribution in [0, 0.1) is 0 Å². The van der Waals surface area contributed by atoms with E-state index in [0.29, 0.717) is 15.8 Å². The number of nitrogens with zero attached hydrogens (tertiary/aromatic N) is 4. The summed E-state index contributed by atoms with van der Waals surface area (Å²) in [4.78, 5) is 15.2. The third-order valence-electron chi connectivity index (χ3n) is 3.41. The number of Topliss-reactive ketones (excluding diaryl/α,β-unsaturated/α-hetero) is 1. The van der Waals surface area contributed by atoms with Crippen LogP contribution in [0.5, 0.6) is 0 Å². The van der Waals surface area contributed by atoms with Crippen LogP contribution in [-0.4, -0.2) is 38.0 Å². The van der Waals surface area contributed by atoms with Gasteiger partial charge in [-0.15, -0.1) is 21.5 Å². The van der Waals surface area contributed by atoms with E-state index < -0.39 is 0 Å². The van der Waals surface area contributed by atoms with Gasteiger partial charge in [0, 0.05) is 13.1 Å². The summed E-state index contributed by atoms with van der Waals surface area (Å²) in [5, 5.41) is 7.96. The molecule has 0 bridgehead atoms. The highest BCUT2D eigenvalue weighted by atomic mass is 35.5. The Bertz CT molecular complexity index is 608. The number of carbonyl (C=O) groups excluding carboxylic acids is 1. The predicted molar refractivity (Wildman–Crippen MR) is 73.6 cm³/mol. The number of hydrogen-bond acceptors (Lipinski definition) is 5. The van der Waals surface area contributed by atoms with E-state index in [1.165, 1.54) is 11.3 Å². The summed E-state index contributed by atoms with van der Waals surface area (Å²) in [6, 6.07) is 3.39. The summed E-state index contributed by atoms with van der Waals surface area (Å²) in [5.74, 6) is 1.03. The summed E-state index contributed by atoms with van der Waals surface area (Å²) < 4.78 is 2.67. The highest BCUT2D eigenvalue weighted by molar-refractivity contribution is 7.18. The number of fused-ring (bicyclic) bond motifs is 1. The first-order valence-electron chi connectivity index (χ1n) is 6.05. The Hall–Kier alpha value is -1.24. The van der Waals surface area contributed by atoms with Gasteiger partial charge in [0.25, 0.3) is 0 Å². The van der Waals surface area contributed by atoms with Crippen LogP contribution in [0.3, 0.4) is 0 Å². The van der Waals surface area contributed by atoms with Crippen molar-refractivity contribution in [1.82, 2.24) is 19.7 Å². The van der Waals surface area contributed by atoms with Gasteiger partial charge in [0.2, 0.25) is 0 Å². The Morgan fingerprint density at radius 1 is 1.47 bits per heavy atom. The molecule has 2 aromatic heterocycles. The molecule has 0 saturated carbocycles. The Kier molecular flexibility index (Phi) is 3.38. The van der Waals surface area contributed by atoms with Gasteiger partial charge in [0.05, 0.1) is 21.8 Å². The van der Waals surface area contributed by atoms with E-state index in [-0.39, 0.29) is 11.8 Å². The lowest BCUT2D eigenvalue weighted by Gasteiger charge is -2.31. The van der Waals surface area contributed by atoms with Gasteiger partial charge in [-0.2, -0.15) is 0 Å². The molecule has 100 valence electrons. The van der Waals surface area contributed by atoms with Crippen molar-refractivity contribution in [2.75, 3.05) is 6.54 Å². The van der Waals surface area contributed by atoms with Crippen LogP contribution >= 0.6 is 22.9 Å². The number of thiophene rings is 1. The van der Waals surface area contributed by atoms with E-state index in [9.17, 15) is 4.79 Å². The predicted octanol–water partition coefficient (Wildman–Crippen LogP) is 2.08. The normalized spacial score (nSPS) is 17.2. The summed E-state index contributed by atoms with van der Waals surface area (Å²) in [7, 11) is 0. The van der Waals surface area contributed by atoms with Crippen LogP contribution in [0.2, 0.25) is 4.34 Å². The molecule has 0 N–H and O–H groups in total. The lowest BCUT2D eigenvalue weighted by atomic mass is 10.1. The molecule has 0 fully saturated rings. The fraction of sp³-hybridized carbons (Fsp3) is 0.417. The van der Waals surface area contributed by atoms with Crippen LogP contribution in [0.15, 0.2) is 18.5 Å². The first kappa shape index (κ1) is 12.8. The number of rotatable bonds is 3. The number of hydrogen-bond donors (Lipinski definition) is 0. The monoisotopic (exact) mass is 296 g/mol. The number of aromatic nitrogens is 3. The molecule has 2 aromatic rings. The fourth-order valence-corrected chi connectivity index (χ4v) is 3.30. The van der Waals surface area contributed by atoms with E-state index in [0.717, 1.165) is 18.9 Å². The van der Waals surface area contributed by atoms with Crippen molar-refractivity contribution < 1.29 is 4.79 Å². The van der Waals surface area contributed by atoms with Gasteiger partial charge in [-0.1, -0.05) is 11.6 Å². The van der Waals surface area contributed by atoms with Crippen LogP contribution in [0.1, 0.15) is 22.4 Å². The van der Waals surface area contributed by atoms with Crippen molar-refractivity contribution in [3.05, 3.63) is 33.5 Å². The average Bonchev–Trinajstić information content (AvgIpc) is 3.04. The molecule has 1 unspecified atom stereocenters. The topological polar surface area (TPSA) is 51.0 Å². The molecule has 0 aromatic carbocycles. The molecule has 1 atom stereocenters. The van der Waals surface area contributed by atoms with Gasteiger partial charge in [-0.3, -0.25) is 9.69 Å². The van der Waals surface area contributed by atoms with Crippen molar-refractivity contribution in [1.29, 1.82) is 0 Å². The molecule has 7 heteroatoms. The quantitative estimate of drug-likeness (QED) is 0.814. The molecule has 3 rings (SSSR count). The molecule has 1 aliphatic rings. The zero-order valence-corrected chi connectivity index (χ0v) is 12.0. The Balaban J connectivity index is 1.75. The van der Waals surface area contributed by atoms with Gasteiger partial charge in [-0.25, -0.2) is 0 Å². The van der Waals surface area contributed by atoms with Crippen molar-refractivity contribution in [3.8, 4) is 0 Å². The first-order valence-corrected chi connectivity index (χ1v) is 7.25. The Labute approximate surface area is 119 Å². The average molecular weight is 297 g/mol. The molecule has 1 aliphatic heterocycles. The maximum atomic E-state index is 12.4. The summed E-state index contributed by atoms with van der Waals surface area (Å²) in [5.41, 5.74) is 0. The largest absolute Gasteiger partial charge is 0.315 e. The zero-order valence-electron chi connectivity index (χ0n) is 10.4. The maximum Gasteiger partial charge on any atom is 0.189 e. The molecular formula is C12H13ClN4OS. The van der Waals surface area contributed by atoms with Gasteiger partial charge in [-0.05, 0) is 19.1 Å². The molecule has 0 radical (unpaired) electrons. The smallest absolute Gasteiger partial charge is 0.189 e. The minimum Gasteiger partial charge on any atom is -0.315 e. The lowest BCUT2D eigenvalue weighted by molar-refractivity contribution is 0.0797. The van der Waals surface area contributed by atoms with E-state index in [4.69, 9.17) is 11.6 Å². The highest BCUT2D eigenvalue weighted by Gasteiger charge is 2.27. The Morgan fingerprint density at radius 3 is 3.05 bits per heavy atom. The Morgan fingerprint density at radius 2 is 2.32 bits per heavy atom. The van der Waals surface area contributed by atoms with E-state index in [1.807, 2.05) is 11.5 Å². The highest BCUT2D eigenvalue weighted by Crippen LogP contribution is 2.24. The van der Waals surface area contributed by atoms with Crippen molar-refractivity contribution >= 4 is 28.7 Å². The van der Waals surface area contributed by atoms with Crippen LogP contribution < -0.4 is 0 Å². The molecule has 5 nitrogen and oxygen atoms in total. The second-order valence-electron chi connectivity index (χ2n) is 4.56. The molecule has 0 saturated heterocycles. The van der Waals surface area contributed by atoms with E-state index >= 15 is 0 Å².